The van der Waals surface area contributed by atoms with E-state index in [1.165, 1.54) is 17.7 Å². The van der Waals surface area contributed by atoms with Crippen molar-refractivity contribution in [3.8, 4) is 5.75 Å². The molecule has 2 fully saturated rings. The standard InChI is InChI=1S/C30H34F3N3O3/c1-39-22-9-10-23-24(15-22)34-27-25(17-37)36(16-19-5-7-21(8-6-19)30(31,32)33)18-29(26(23)27)11-13-35(14-12-29)28(38)20-3-2-4-20/h5-10,15,20,25,34,37H,2-4,11-14,16-18H2,1H3. The third-order valence-corrected chi connectivity index (χ3v) is 9.17. The molecule has 0 bridgehead atoms. The van der Waals surface area contributed by atoms with Crippen molar-refractivity contribution in [1.29, 1.82) is 0 Å². The molecule has 3 aromatic rings. The highest BCUT2D eigenvalue weighted by Crippen LogP contribution is 2.49. The number of benzene rings is 2. The van der Waals surface area contributed by atoms with Crippen molar-refractivity contribution < 1.29 is 27.8 Å². The van der Waals surface area contributed by atoms with E-state index in [0.29, 0.717) is 26.2 Å². The van der Waals surface area contributed by atoms with Gasteiger partial charge in [0, 0.05) is 60.2 Å². The van der Waals surface area contributed by atoms with E-state index in [9.17, 15) is 23.1 Å². The summed E-state index contributed by atoms with van der Waals surface area (Å²) < 4.78 is 44.9. The van der Waals surface area contributed by atoms with Crippen molar-refractivity contribution >= 4 is 16.8 Å². The average molecular weight is 542 g/mol. The Morgan fingerprint density at radius 3 is 2.44 bits per heavy atom. The molecule has 39 heavy (non-hydrogen) atoms. The number of methoxy groups -OCH3 is 1. The highest BCUT2D eigenvalue weighted by Gasteiger charge is 2.48. The summed E-state index contributed by atoms with van der Waals surface area (Å²) >= 11 is 0. The normalized spacial score (nSPS) is 21.7. The third kappa shape index (κ3) is 4.59. The number of aromatic nitrogens is 1. The first-order valence-corrected chi connectivity index (χ1v) is 13.7. The molecule has 3 aliphatic rings. The average Bonchev–Trinajstić information content (AvgIpc) is 3.27. The highest BCUT2D eigenvalue weighted by atomic mass is 19.4. The molecular weight excluding hydrogens is 507 g/mol. The van der Waals surface area contributed by atoms with Crippen LogP contribution in [-0.2, 0) is 22.9 Å². The quantitative estimate of drug-likeness (QED) is 0.454. The zero-order valence-electron chi connectivity index (χ0n) is 22.1. The number of ether oxygens (including phenoxy) is 1. The van der Waals surface area contributed by atoms with E-state index in [-0.39, 0.29) is 29.9 Å². The van der Waals surface area contributed by atoms with Crippen LogP contribution in [0.1, 0.15) is 60.5 Å². The number of nitrogens with one attached hydrogen (secondary N) is 1. The third-order valence-electron chi connectivity index (χ3n) is 9.17. The Bertz CT molecular complexity index is 1360. The molecule has 1 atom stereocenters. The van der Waals surface area contributed by atoms with Crippen LogP contribution in [0.4, 0.5) is 13.2 Å². The summed E-state index contributed by atoms with van der Waals surface area (Å²) in [4.78, 5) is 20.8. The maximum atomic E-state index is 13.1. The molecule has 2 aromatic carbocycles. The fourth-order valence-electron chi connectivity index (χ4n) is 6.79. The Morgan fingerprint density at radius 2 is 1.85 bits per heavy atom. The van der Waals surface area contributed by atoms with Gasteiger partial charge >= 0.3 is 6.18 Å². The number of aliphatic hydroxyl groups is 1. The molecular formula is C30H34F3N3O3. The van der Waals surface area contributed by atoms with Crippen LogP contribution < -0.4 is 4.74 Å². The van der Waals surface area contributed by atoms with E-state index >= 15 is 0 Å². The first-order chi connectivity index (χ1) is 18.7. The predicted octanol–water partition coefficient (Wildman–Crippen LogP) is 5.40. The van der Waals surface area contributed by atoms with Crippen LogP contribution in [0.3, 0.4) is 0 Å². The van der Waals surface area contributed by atoms with Gasteiger partial charge in [-0.1, -0.05) is 18.6 Å². The largest absolute Gasteiger partial charge is 0.497 e. The zero-order valence-corrected chi connectivity index (χ0v) is 22.1. The number of hydrogen-bond donors (Lipinski definition) is 2. The molecule has 1 saturated carbocycles. The molecule has 9 heteroatoms. The van der Waals surface area contributed by atoms with Crippen molar-refractivity contribution in [1.82, 2.24) is 14.8 Å². The minimum atomic E-state index is -4.38. The number of halogens is 3. The smallest absolute Gasteiger partial charge is 0.416 e. The van der Waals surface area contributed by atoms with Gasteiger partial charge in [0.1, 0.15) is 5.75 Å². The van der Waals surface area contributed by atoms with Gasteiger partial charge in [0.25, 0.3) is 0 Å². The van der Waals surface area contributed by atoms with E-state index in [0.717, 1.165) is 72.1 Å². The number of fused-ring (bicyclic) bond motifs is 4. The van der Waals surface area contributed by atoms with Crippen LogP contribution in [0.2, 0.25) is 0 Å². The number of nitrogens with zero attached hydrogens (tertiary/aromatic N) is 2. The molecule has 1 amide bonds. The summed E-state index contributed by atoms with van der Waals surface area (Å²) in [5.41, 5.74) is 2.90. The van der Waals surface area contributed by atoms with Gasteiger partial charge in [-0.05, 0) is 61.1 Å². The SMILES string of the molecule is COc1ccc2c3c([nH]c2c1)C(CO)N(Cc1ccc(C(F)(F)F)cc1)CC31CCN(C(=O)C2CCC2)CC1. The van der Waals surface area contributed by atoms with E-state index in [1.54, 1.807) is 7.11 Å². The van der Waals surface area contributed by atoms with E-state index < -0.39 is 11.7 Å². The Hall–Kier alpha value is -3.04. The minimum absolute atomic E-state index is 0.125. The van der Waals surface area contributed by atoms with Crippen LogP contribution in [-0.4, -0.2) is 59.1 Å². The van der Waals surface area contributed by atoms with E-state index in [4.69, 9.17) is 4.74 Å². The first kappa shape index (κ1) is 26.2. The predicted molar refractivity (Wildman–Crippen MR) is 141 cm³/mol. The molecule has 1 spiro atoms. The number of rotatable bonds is 5. The first-order valence-electron chi connectivity index (χ1n) is 13.7. The number of hydrogen-bond acceptors (Lipinski definition) is 4. The minimum Gasteiger partial charge on any atom is -0.497 e. The van der Waals surface area contributed by atoms with Gasteiger partial charge < -0.3 is 19.7 Å². The molecule has 1 aliphatic carbocycles. The lowest BCUT2D eigenvalue weighted by atomic mass is 9.68. The number of H-pyrrole nitrogens is 1. The number of piperidine rings is 1. The maximum absolute atomic E-state index is 13.1. The van der Waals surface area contributed by atoms with Crippen molar-refractivity contribution in [2.45, 2.75) is 56.3 Å². The number of carbonyl (C=O) groups is 1. The van der Waals surface area contributed by atoms with Crippen LogP contribution >= 0.6 is 0 Å². The van der Waals surface area contributed by atoms with E-state index in [2.05, 4.69) is 16.0 Å². The molecule has 6 nitrogen and oxygen atoms in total. The van der Waals surface area contributed by atoms with Crippen molar-refractivity contribution in [3.05, 3.63) is 64.8 Å². The summed E-state index contributed by atoms with van der Waals surface area (Å²) in [6.07, 6.45) is 0.282. The molecule has 6 rings (SSSR count). The van der Waals surface area contributed by atoms with Crippen LogP contribution in [0.15, 0.2) is 42.5 Å². The number of amides is 1. The summed E-state index contributed by atoms with van der Waals surface area (Å²) in [6, 6.07) is 10.9. The maximum Gasteiger partial charge on any atom is 0.416 e. The van der Waals surface area contributed by atoms with Gasteiger partial charge in [-0.15, -0.1) is 0 Å². The number of aliphatic hydroxyl groups excluding tert-OH is 1. The van der Waals surface area contributed by atoms with Gasteiger partial charge in [-0.25, -0.2) is 0 Å². The Morgan fingerprint density at radius 1 is 1.13 bits per heavy atom. The Balaban J connectivity index is 1.36. The number of carbonyl (C=O) groups excluding carboxylic acids is 1. The highest BCUT2D eigenvalue weighted by molar-refractivity contribution is 5.88. The van der Waals surface area contributed by atoms with Gasteiger partial charge in [0.2, 0.25) is 5.91 Å². The monoisotopic (exact) mass is 541 g/mol. The van der Waals surface area contributed by atoms with Gasteiger partial charge in [0.05, 0.1) is 25.3 Å². The zero-order chi connectivity index (χ0) is 27.4. The van der Waals surface area contributed by atoms with Crippen molar-refractivity contribution in [2.24, 2.45) is 5.92 Å². The second-order valence-corrected chi connectivity index (χ2v) is 11.4. The number of aromatic amines is 1. The lowest BCUT2D eigenvalue weighted by Gasteiger charge is -2.50. The molecule has 1 unspecified atom stereocenters. The van der Waals surface area contributed by atoms with E-state index in [1.807, 2.05) is 17.0 Å². The Labute approximate surface area is 225 Å². The summed E-state index contributed by atoms with van der Waals surface area (Å²) in [7, 11) is 1.63. The van der Waals surface area contributed by atoms with Crippen molar-refractivity contribution in [3.63, 3.8) is 0 Å². The fraction of sp³-hybridized carbons (Fsp3) is 0.500. The topological polar surface area (TPSA) is 68.8 Å². The molecule has 2 N–H and O–H groups in total. The molecule has 2 aliphatic heterocycles. The van der Waals surface area contributed by atoms with Crippen LogP contribution in [0.5, 0.6) is 5.75 Å². The second kappa shape index (κ2) is 9.86. The lowest BCUT2D eigenvalue weighted by molar-refractivity contribution is -0.140. The number of likely N-dealkylation sites (tertiary alicyclic amines) is 1. The van der Waals surface area contributed by atoms with Gasteiger partial charge in [0.15, 0.2) is 0 Å². The van der Waals surface area contributed by atoms with Crippen LogP contribution in [0, 0.1) is 5.92 Å². The fourth-order valence-corrected chi connectivity index (χ4v) is 6.79. The second-order valence-electron chi connectivity index (χ2n) is 11.4. The van der Waals surface area contributed by atoms with Crippen molar-refractivity contribution in [2.75, 3.05) is 33.4 Å². The molecule has 0 radical (unpaired) electrons. The Kier molecular flexibility index (Phi) is 6.62. The molecule has 3 heterocycles. The lowest BCUT2D eigenvalue weighted by Crippen LogP contribution is -2.55. The summed E-state index contributed by atoms with van der Waals surface area (Å²) in [6.45, 7) is 2.29. The molecule has 208 valence electrons. The van der Waals surface area contributed by atoms with Gasteiger partial charge in [-0.3, -0.25) is 9.69 Å². The van der Waals surface area contributed by atoms with Gasteiger partial charge in [-0.2, -0.15) is 13.2 Å². The number of alkyl halides is 3. The summed E-state index contributed by atoms with van der Waals surface area (Å²) in [5, 5.41) is 11.7. The molecule has 1 saturated heterocycles. The summed E-state index contributed by atoms with van der Waals surface area (Å²) in [5.74, 6) is 1.17. The van der Waals surface area contributed by atoms with Crippen LogP contribution in [0.25, 0.3) is 10.9 Å². The molecule has 1 aromatic heterocycles.